The van der Waals surface area contributed by atoms with E-state index in [4.69, 9.17) is 0 Å². The summed E-state index contributed by atoms with van der Waals surface area (Å²) in [7, 11) is -3.41. The fraction of sp³-hybridized carbons (Fsp3) is 0.158. The third kappa shape index (κ3) is 6.31. The molecular weight excluding hydrogens is 478 g/mol. The number of nitrogens with zero attached hydrogens (tertiary/aromatic N) is 2. The molecule has 1 aromatic heterocycles. The van der Waals surface area contributed by atoms with Gasteiger partial charge in [-0.2, -0.15) is 4.98 Å². The van der Waals surface area contributed by atoms with E-state index in [0.717, 1.165) is 23.9 Å². The number of sulfonamides is 1. The van der Waals surface area contributed by atoms with E-state index in [-0.39, 0.29) is 12.4 Å². The Bertz CT molecular complexity index is 1100. The second-order valence-electron chi connectivity index (χ2n) is 6.07. The summed E-state index contributed by atoms with van der Waals surface area (Å²) in [6.07, 6.45) is 3.63. The highest BCUT2D eigenvalue weighted by atomic mass is 79.9. The van der Waals surface area contributed by atoms with Crippen molar-refractivity contribution < 1.29 is 8.42 Å². The molecule has 0 atom stereocenters. The summed E-state index contributed by atoms with van der Waals surface area (Å²) in [5.41, 5.74) is 3.11. The van der Waals surface area contributed by atoms with Crippen molar-refractivity contribution >= 4 is 67.2 Å². The van der Waals surface area contributed by atoms with E-state index in [1.54, 1.807) is 24.4 Å². The fourth-order valence-electron chi connectivity index (χ4n) is 2.59. The van der Waals surface area contributed by atoms with E-state index >= 15 is 0 Å². The Kier molecular flexibility index (Phi) is 7.83. The Balaban J connectivity index is 0.00000300. The Labute approximate surface area is 185 Å². The number of hydrogen-bond donors (Lipinski definition) is 3. The van der Waals surface area contributed by atoms with Crippen molar-refractivity contribution in [2.24, 2.45) is 0 Å². The highest BCUT2D eigenvalue weighted by molar-refractivity contribution is 9.10. The molecule has 0 spiro atoms. The van der Waals surface area contributed by atoms with Gasteiger partial charge in [0, 0.05) is 11.9 Å². The first-order chi connectivity index (χ1) is 13.4. The number of aromatic nitrogens is 2. The fourth-order valence-corrected chi connectivity index (χ4v) is 3.46. The van der Waals surface area contributed by atoms with Crippen LogP contribution in [0.15, 0.2) is 59.2 Å². The normalized spacial score (nSPS) is 10.7. The summed E-state index contributed by atoms with van der Waals surface area (Å²) in [5.74, 6) is 0.939. The van der Waals surface area contributed by atoms with E-state index in [1.807, 2.05) is 30.3 Å². The van der Waals surface area contributed by atoms with Crippen molar-refractivity contribution in [2.75, 3.05) is 21.6 Å². The minimum absolute atomic E-state index is 0. The predicted octanol–water partition coefficient (Wildman–Crippen LogP) is 5.08. The molecule has 0 saturated carbocycles. The molecule has 0 aliphatic heterocycles. The second kappa shape index (κ2) is 9.91. The maximum Gasteiger partial charge on any atom is 0.229 e. The summed E-state index contributed by atoms with van der Waals surface area (Å²) >= 11 is 3.43. The van der Waals surface area contributed by atoms with Crippen molar-refractivity contribution in [2.45, 2.75) is 13.3 Å². The molecule has 10 heteroatoms. The van der Waals surface area contributed by atoms with Gasteiger partial charge < -0.3 is 10.6 Å². The molecule has 3 rings (SSSR count). The van der Waals surface area contributed by atoms with Crippen molar-refractivity contribution in [3.8, 4) is 0 Å². The maximum absolute atomic E-state index is 11.6. The standard InChI is InChI=1S/C19H20BrN5O2S.ClH/c1-3-13-8-4-5-9-15(13)23-19-21-12-14(20)18(24-19)22-16-10-6-7-11-17(16)25-28(2,26)27;/h4-12,25H,3H2,1-2H3,(H2,21,22,23,24);1H. The molecule has 29 heavy (non-hydrogen) atoms. The minimum atomic E-state index is -3.41. The van der Waals surface area contributed by atoms with Crippen molar-refractivity contribution in [3.05, 3.63) is 64.8 Å². The number of nitrogens with one attached hydrogen (secondary N) is 3. The van der Waals surface area contributed by atoms with Crippen LogP contribution in [-0.4, -0.2) is 24.6 Å². The number of hydrogen-bond acceptors (Lipinski definition) is 6. The molecule has 0 fully saturated rings. The summed E-state index contributed by atoms with van der Waals surface area (Å²) in [5, 5.41) is 6.39. The van der Waals surface area contributed by atoms with Gasteiger partial charge in [0.2, 0.25) is 16.0 Å². The molecule has 0 bridgehead atoms. The van der Waals surface area contributed by atoms with E-state index < -0.39 is 10.0 Å². The van der Waals surface area contributed by atoms with Crippen LogP contribution in [0.1, 0.15) is 12.5 Å². The van der Waals surface area contributed by atoms with Gasteiger partial charge in [0.25, 0.3) is 0 Å². The number of benzene rings is 2. The van der Waals surface area contributed by atoms with Gasteiger partial charge in [0.15, 0.2) is 0 Å². The molecule has 0 aliphatic rings. The Hall–Kier alpha value is -2.36. The summed E-state index contributed by atoms with van der Waals surface area (Å²) in [6, 6.07) is 15.0. The lowest BCUT2D eigenvalue weighted by Crippen LogP contribution is -2.11. The molecule has 0 unspecified atom stereocenters. The summed E-state index contributed by atoms with van der Waals surface area (Å²) in [4.78, 5) is 8.83. The first-order valence-corrected chi connectivity index (χ1v) is 11.3. The van der Waals surface area contributed by atoms with Gasteiger partial charge in [-0.15, -0.1) is 12.4 Å². The maximum atomic E-state index is 11.6. The molecular formula is C19H21BrClN5O2S. The van der Waals surface area contributed by atoms with Crippen LogP contribution in [0.4, 0.5) is 28.8 Å². The lowest BCUT2D eigenvalue weighted by Gasteiger charge is -2.14. The van der Waals surface area contributed by atoms with Gasteiger partial charge in [-0.1, -0.05) is 37.3 Å². The van der Waals surface area contributed by atoms with Crippen LogP contribution in [0.5, 0.6) is 0 Å². The van der Waals surface area contributed by atoms with Gasteiger partial charge in [0.1, 0.15) is 5.82 Å². The molecule has 3 aromatic rings. The molecule has 0 amide bonds. The predicted molar refractivity (Wildman–Crippen MR) is 124 cm³/mol. The van der Waals surface area contributed by atoms with Crippen LogP contribution in [0, 0.1) is 0 Å². The molecule has 7 nitrogen and oxygen atoms in total. The number of rotatable bonds is 7. The molecule has 0 aliphatic carbocycles. The van der Waals surface area contributed by atoms with Crippen LogP contribution in [0.25, 0.3) is 0 Å². The van der Waals surface area contributed by atoms with Crippen LogP contribution in [0.3, 0.4) is 0 Å². The number of halogens is 2. The molecule has 0 saturated heterocycles. The zero-order valence-electron chi connectivity index (χ0n) is 15.8. The van der Waals surface area contributed by atoms with Crippen molar-refractivity contribution in [1.29, 1.82) is 0 Å². The SMILES string of the molecule is CCc1ccccc1Nc1ncc(Br)c(Nc2ccccc2NS(C)(=O)=O)n1.Cl. The van der Waals surface area contributed by atoms with Crippen LogP contribution in [-0.2, 0) is 16.4 Å². The van der Waals surface area contributed by atoms with E-state index in [9.17, 15) is 8.42 Å². The Morgan fingerprint density at radius 1 is 0.966 bits per heavy atom. The molecule has 2 aromatic carbocycles. The highest BCUT2D eigenvalue weighted by Crippen LogP contribution is 2.30. The summed E-state index contributed by atoms with van der Waals surface area (Å²) in [6.45, 7) is 2.08. The van der Waals surface area contributed by atoms with E-state index in [0.29, 0.717) is 27.6 Å². The number of aryl methyl sites for hydroxylation is 1. The molecule has 0 radical (unpaired) electrons. The van der Waals surface area contributed by atoms with E-state index in [1.165, 1.54) is 0 Å². The zero-order chi connectivity index (χ0) is 20.1. The van der Waals surface area contributed by atoms with Crippen LogP contribution >= 0.6 is 28.3 Å². The number of para-hydroxylation sites is 3. The third-order valence-corrected chi connectivity index (χ3v) is 5.04. The molecule has 1 heterocycles. The van der Waals surface area contributed by atoms with Gasteiger partial charge in [-0.25, -0.2) is 13.4 Å². The van der Waals surface area contributed by atoms with E-state index in [2.05, 4.69) is 48.2 Å². The zero-order valence-corrected chi connectivity index (χ0v) is 19.0. The smallest absolute Gasteiger partial charge is 0.229 e. The van der Waals surface area contributed by atoms with Crippen LogP contribution in [0.2, 0.25) is 0 Å². The topological polar surface area (TPSA) is 96.0 Å². The minimum Gasteiger partial charge on any atom is -0.337 e. The van der Waals surface area contributed by atoms with Crippen molar-refractivity contribution in [1.82, 2.24) is 9.97 Å². The number of anilines is 5. The average Bonchev–Trinajstić information content (AvgIpc) is 2.65. The van der Waals surface area contributed by atoms with Crippen molar-refractivity contribution in [3.63, 3.8) is 0 Å². The summed E-state index contributed by atoms with van der Waals surface area (Å²) < 4.78 is 26.4. The van der Waals surface area contributed by atoms with Gasteiger partial charge in [0.05, 0.1) is 22.1 Å². The Morgan fingerprint density at radius 2 is 1.59 bits per heavy atom. The van der Waals surface area contributed by atoms with Gasteiger partial charge >= 0.3 is 0 Å². The van der Waals surface area contributed by atoms with Crippen LogP contribution < -0.4 is 15.4 Å². The lowest BCUT2D eigenvalue weighted by molar-refractivity contribution is 0.607. The largest absolute Gasteiger partial charge is 0.337 e. The second-order valence-corrected chi connectivity index (χ2v) is 8.67. The lowest BCUT2D eigenvalue weighted by atomic mass is 10.1. The molecule has 3 N–H and O–H groups in total. The average molecular weight is 499 g/mol. The Morgan fingerprint density at radius 3 is 2.24 bits per heavy atom. The third-order valence-electron chi connectivity index (χ3n) is 3.86. The van der Waals surface area contributed by atoms with Gasteiger partial charge in [-0.05, 0) is 46.1 Å². The first-order valence-electron chi connectivity index (χ1n) is 8.57. The molecule has 154 valence electrons. The van der Waals surface area contributed by atoms with Gasteiger partial charge in [-0.3, -0.25) is 4.72 Å². The first kappa shape index (κ1) is 22.9. The highest BCUT2D eigenvalue weighted by Gasteiger charge is 2.11. The quantitative estimate of drug-likeness (QED) is 0.420. The monoisotopic (exact) mass is 497 g/mol.